The molecule has 0 aromatic carbocycles. The topological polar surface area (TPSA) is 222 Å². The summed E-state index contributed by atoms with van der Waals surface area (Å²) >= 11 is 0. The zero-order valence-electron chi connectivity index (χ0n) is 21.4. The summed E-state index contributed by atoms with van der Waals surface area (Å²) in [7, 11) is 1.23. The van der Waals surface area contributed by atoms with E-state index in [1.807, 2.05) is 0 Å². The lowest BCUT2D eigenvalue weighted by molar-refractivity contribution is -0.241. The molecule has 2 fully saturated rings. The van der Waals surface area contributed by atoms with Gasteiger partial charge in [-0.2, -0.15) is 0 Å². The zero-order chi connectivity index (χ0) is 28.3. The van der Waals surface area contributed by atoms with Gasteiger partial charge in [-0.25, -0.2) is 4.79 Å². The number of nitrogens with zero attached hydrogens (tertiary/aromatic N) is 1. The second-order valence-corrected chi connectivity index (χ2v) is 9.94. The highest BCUT2D eigenvalue weighted by Gasteiger charge is 2.54. The van der Waals surface area contributed by atoms with Gasteiger partial charge < -0.3 is 55.7 Å². The van der Waals surface area contributed by atoms with Gasteiger partial charge in [-0.3, -0.25) is 14.5 Å². The van der Waals surface area contributed by atoms with E-state index in [2.05, 4.69) is 10.6 Å². The van der Waals surface area contributed by atoms with Crippen molar-refractivity contribution in [3.8, 4) is 0 Å². The fourth-order valence-electron chi connectivity index (χ4n) is 5.13. The molecule has 9 atom stereocenters. The number of hydrogen-bond donors (Lipinski definition) is 7. The SMILES string of the molecule is CO[C@H]1[C@@H](O)[C@H](N2C=CC(O)NC2=O)O[C@@H]1[C@@H](O[C@H]1OC(C(=O)NC2CCCCCC2)=C[C@H](O)[C@@H]1O)C(N)=O. The van der Waals surface area contributed by atoms with Crippen LogP contribution in [0.2, 0.25) is 0 Å². The average Bonchev–Trinajstić information content (AvgIpc) is 3.03. The fraction of sp³-hybridized carbons (Fsp3) is 0.708. The number of urea groups is 1. The van der Waals surface area contributed by atoms with Crippen LogP contribution in [-0.4, -0.2) is 112 Å². The van der Waals surface area contributed by atoms with E-state index in [4.69, 9.17) is 24.7 Å². The minimum Gasteiger partial charge on any atom is -0.456 e. The Labute approximate surface area is 224 Å². The van der Waals surface area contributed by atoms with Gasteiger partial charge in [0, 0.05) is 19.4 Å². The predicted molar refractivity (Wildman–Crippen MR) is 130 cm³/mol. The van der Waals surface area contributed by atoms with Gasteiger partial charge in [-0.15, -0.1) is 0 Å². The molecule has 1 saturated carbocycles. The lowest BCUT2D eigenvalue weighted by atomic mass is 10.0. The first-order valence-corrected chi connectivity index (χ1v) is 12.9. The molecule has 0 radical (unpaired) electrons. The van der Waals surface area contributed by atoms with Crippen LogP contribution in [0, 0.1) is 0 Å². The standard InChI is InChI=1S/C24H36N4O11/c1-36-17-16(32)22(28-9-8-14(30)27-24(28)35)38-18(17)19(20(25)33)39-23-15(31)12(29)10-13(37-23)21(34)26-11-6-4-2-3-5-7-11/h8-12,14-19,22-23,29-32H,2-7H2,1H3,(H2,25,33)(H,26,34)(H,27,35)/t12-,14?,15-,16+,17-,18-,19+,22+,23+/m0/s1. The normalized spacial score (nSPS) is 36.4. The summed E-state index contributed by atoms with van der Waals surface area (Å²) in [5.74, 6) is -2.00. The van der Waals surface area contributed by atoms with Crippen LogP contribution in [0.4, 0.5) is 4.79 Å². The zero-order valence-corrected chi connectivity index (χ0v) is 21.4. The van der Waals surface area contributed by atoms with Gasteiger partial charge in [-0.05, 0) is 25.0 Å². The lowest BCUT2D eigenvalue weighted by Crippen LogP contribution is -2.54. The minimum absolute atomic E-state index is 0.0684. The van der Waals surface area contributed by atoms with Crippen LogP contribution in [0.15, 0.2) is 24.1 Å². The molecule has 4 rings (SSSR count). The van der Waals surface area contributed by atoms with Crippen molar-refractivity contribution in [2.24, 2.45) is 5.73 Å². The number of carbonyl (C=O) groups excluding carboxylic acids is 3. The molecular formula is C24H36N4O11. The highest BCUT2D eigenvalue weighted by Crippen LogP contribution is 2.32. The summed E-state index contributed by atoms with van der Waals surface area (Å²) in [6.45, 7) is 0. The van der Waals surface area contributed by atoms with Gasteiger partial charge in [-0.1, -0.05) is 25.7 Å². The molecule has 4 amide bonds. The number of methoxy groups -OCH3 is 1. The summed E-state index contributed by atoms with van der Waals surface area (Å²) in [6, 6.07) is -0.856. The maximum absolute atomic E-state index is 12.9. The van der Waals surface area contributed by atoms with E-state index in [9.17, 15) is 34.8 Å². The molecule has 3 heterocycles. The van der Waals surface area contributed by atoms with E-state index in [-0.39, 0.29) is 11.8 Å². The first-order chi connectivity index (χ1) is 18.6. The monoisotopic (exact) mass is 556 g/mol. The molecule has 4 aliphatic rings. The number of ether oxygens (including phenoxy) is 4. The molecule has 1 unspecified atom stereocenters. The van der Waals surface area contributed by atoms with Crippen molar-refractivity contribution in [3.63, 3.8) is 0 Å². The first-order valence-electron chi connectivity index (χ1n) is 12.9. The Balaban J connectivity index is 1.48. The number of rotatable bonds is 8. The molecule has 0 aromatic rings. The van der Waals surface area contributed by atoms with E-state index in [0.717, 1.165) is 49.5 Å². The Hall–Kier alpha value is -2.79. The Morgan fingerprint density at radius 1 is 1.15 bits per heavy atom. The molecule has 0 spiro atoms. The van der Waals surface area contributed by atoms with Crippen molar-refractivity contribution < 1.29 is 53.8 Å². The molecule has 0 aromatic heterocycles. The van der Waals surface area contributed by atoms with E-state index in [1.54, 1.807) is 0 Å². The van der Waals surface area contributed by atoms with E-state index >= 15 is 0 Å². The Morgan fingerprint density at radius 2 is 1.85 bits per heavy atom. The first kappa shape index (κ1) is 29.2. The summed E-state index contributed by atoms with van der Waals surface area (Å²) in [5, 5.41) is 46.4. The number of nitrogens with one attached hydrogen (secondary N) is 2. The van der Waals surface area contributed by atoms with Gasteiger partial charge in [0.1, 0.15) is 36.7 Å². The Bertz CT molecular complexity index is 970. The third-order valence-electron chi connectivity index (χ3n) is 7.20. The van der Waals surface area contributed by atoms with Crippen molar-refractivity contribution in [1.29, 1.82) is 0 Å². The highest BCUT2D eigenvalue weighted by molar-refractivity contribution is 5.92. The summed E-state index contributed by atoms with van der Waals surface area (Å²) in [5.41, 5.74) is 5.56. The molecule has 3 aliphatic heterocycles. The van der Waals surface area contributed by atoms with E-state index in [0.29, 0.717) is 0 Å². The van der Waals surface area contributed by atoms with Crippen molar-refractivity contribution in [1.82, 2.24) is 15.5 Å². The number of hydrogen-bond acceptors (Lipinski definition) is 11. The van der Waals surface area contributed by atoms with Crippen molar-refractivity contribution in [2.75, 3.05) is 7.11 Å². The number of primary amides is 1. The van der Waals surface area contributed by atoms with Crippen molar-refractivity contribution in [3.05, 3.63) is 24.1 Å². The number of carbonyl (C=O) groups is 3. The summed E-state index contributed by atoms with van der Waals surface area (Å²) in [6.07, 6.45) is -4.22. The van der Waals surface area contributed by atoms with Gasteiger partial charge in [0.05, 0.1) is 0 Å². The van der Waals surface area contributed by atoms with Crippen LogP contribution >= 0.6 is 0 Å². The third-order valence-corrected chi connectivity index (χ3v) is 7.20. The fourth-order valence-corrected chi connectivity index (χ4v) is 5.13. The van der Waals surface area contributed by atoms with Crippen molar-refractivity contribution in [2.45, 2.75) is 99.9 Å². The highest BCUT2D eigenvalue weighted by atomic mass is 16.7. The number of amides is 4. The quantitative estimate of drug-likeness (QED) is 0.156. The van der Waals surface area contributed by atoms with Gasteiger partial charge in [0.15, 0.2) is 18.1 Å². The minimum atomic E-state index is -1.72. The number of aliphatic hydroxyl groups excluding tert-OH is 4. The maximum atomic E-state index is 12.9. The second kappa shape index (κ2) is 12.6. The van der Waals surface area contributed by atoms with Crippen LogP contribution in [0.5, 0.6) is 0 Å². The predicted octanol–water partition coefficient (Wildman–Crippen LogP) is -2.38. The van der Waals surface area contributed by atoms with Crippen LogP contribution in [0.1, 0.15) is 38.5 Å². The van der Waals surface area contributed by atoms with Gasteiger partial charge in [0.25, 0.3) is 5.91 Å². The molecular weight excluding hydrogens is 520 g/mol. The smallest absolute Gasteiger partial charge is 0.325 e. The summed E-state index contributed by atoms with van der Waals surface area (Å²) in [4.78, 5) is 38.6. The molecule has 15 heteroatoms. The van der Waals surface area contributed by atoms with Crippen molar-refractivity contribution >= 4 is 17.8 Å². The van der Waals surface area contributed by atoms with E-state index in [1.165, 1.54) is 19.4 Å². The largest absolute Gasteiger partial charge is 0.456 e. The molecule has 218 valence electrons. The number of aliphatic hydroxyl groups is 4. The van der Waals surface area contributed by atoms with Crippen LogP contribution in [-0.2, 0) is 28.5 Å². The van der Waals surface area contributed by atoms with Gasteiger partial charge in [0.2, 0.25) is 12.2 Å². The molecule has 39 heavy (non-hydrogen) atoms. The molecule has 15 nitrogen and oxygen atoms in total. The van der Waals surface area contributed by atoms with E-state index < -0.39 is 73.2 Å². The Morgan fingerprint density at radius 3 is 2.46 bits per heavy atom. The average molecular weight is 557 g/mol. The summed E-state index contributed by atoms with van der Waals surface area (Å²) < 4.78 is 22.3. The molecule has 1 saturated heterocycles. The molecule has 8 N–H and O–H groups in total. The van der Waals surface area contributed by atoms with Gasteiger partial charge >= 0.3 is 6.03 Å². The Kier molecular flexibility index (Phi) is 9.43. The van der Waals surface area contributed by atoms with Crippen LogP contribution in [0.25, 0.3) is 0 Å². The maximum Gasteiger partial charge on any atom is 0.325 e. The number of nitrogens with two attached hydrogens (primary N) is 1. The molecule has 0 bridgehead atoms. The third kappa shape index (κ3) is 6.51. The van der Waals surface area contributed by atoms with Crippen LogP contribution < -0.4 is 16.4 Å². The van der Waals surface area contributed by atoms with Crippen LogP contribution in [0.3, 0.4) is 0 Å². The molecule has 1 aliphatic carbocycles. The second-order valence-electron chi connectivity index (χ2n) is 9.94. The lowest BCUT2D eigenvalue weighted by Gasteiger charge is -2.35.